The Morgan fingerprint density at radius 2 is 1.88 bits per heavy atom. The summed E-state index contributed by atoms with van der Waals surface area (Å²) in [6.45, 7) is 1.13. The van der Waals surface area contributed by atoms with E-state index in [0.717, 1.165) is 25.0 Å². The fraction of sp³-hybridized carbons (Fsp3) is 0.400. The van der Waals surface area contributed by atoms with Crippen LogP contribution in [-0.2, 0) is 16.2 Å². The maximum absolute atomic E-state index is 13.2. The van der Waals surface area contributed by atoms with Crippen LogP contribution in [0, 0.1) is 0 Å². The molecule has 0 bridgehead atoms. The number of rotatable bonds is 3. The summed E-state index contributed by atoms with van der Waals surface area (Å²) in [5.41, 5.74) is -0.895. The minimum absolute atomic E-state index is 0.254. The van der Waals surface area contributed by atoms with Crippen molar-refractivity contribution in [3.63, 3.8) is 0 Å². The molecule has 1 aromatic carbocycles. The van der Waals surface area contributed by atoms with E-state index in [1.54, 1.807) is 12.5 Å². The smallest absolute Gasteiger partial charge is 0.371 e. The molecule has 2 heterocycles. The average molecular weight is 374 g/mol. The van der Waals surface area contributed by atoms with Gasteiger partial charge in [0.25, 0.3) is 0 Å². The molecule has 6 nitrogen and oxygen atoms in total. The van der Waals surface area contributed by atoms with Crippen LogP contribution in [0.5, 0.6) is 0 Å². The van der Waals surface area contributed by atoms with Crippen molar-refractivity contribution in [2.24, 2.45) is 5.14 Å². The molecular formula is C15H17F3N4O2S. The first-order valence-electron chi connectivity index (χ1n) is 7.63. The lowest BCUT2D eigenvalue weighted by Gasteiger charge is -2.34. The third kappa shape index (κ3) is 3.79. The highest BCUT2D eigenvalue weighted by Gasteiger charge is 2.37. The maximum Gasteiger partial charge on any atom is 0.417 e. The van der Waals surface area contributed by atoms with Crippen molar-refractivity contribution in [2.45, 2.75) is 30.0 Å². The van der Waals surface area contributed by atoms with Crippen molar-refractivity contribution in [1.82, 2.24) is 9.55 Å². The van der Waals surface area contributed by atoms with Gasteiger partial charge in [-0.05, 0) is 31.0 Å². The van der Waals surface area contributed by atoms with E-state index in [9.17, 15) is 21.6 Å². The molecule has 2 aromatic rings. The lowest BCUT2D eigenvalue weighted by Crippen LogP contribution is -2.34. The lowest BCUT2D eigenvalue weighted by molar-refractivity contribution is -0.139. The van der Waals surface area contributed by atoms with Gasteiger partial charge in [0.2, 0.25) is 10.0 Å². The molecule has 3 rings (SSSR count). The van der Waals surface area contributed by atoms with Crippen molar-refractivity contribution >= 4 is 15.7 Å². The van der Waals surface area contributed by atoms with Crippen LogP contribution in [0.15, 0.2) is 41.8 Å². The summed E-state index contributed by atoms with van der Waals surface area (Å²) in [6, 6.07) is 3.41. The van der Waals surface area contributed by atoms with Crippen molar-refractivity contribution in [3.05, 3.63) is 42.5 Å². The molecule has 0 amide bonds. The number of nitrogens with zero attached hydrogens (tertiary/aromatic N) is 3. The highest BCUT2D eigenvalue weighted by Crippen LogP contribution is 2.37. The van der Waals surface area contributed by atoms with Crippen LogP contribution in [0.3, 0.4) is 0 Å². The third-order valence-electron chi connectivity index (χ3n) is 4.35. The van der Waals surface area contributed by atoms with E-state index in [1.807, 2.05) is 15.7 Å². The molecule has 0 atom stereocenters. The number of benzene rings is 1. The second kappa shape index (κ2) is 6.34. The van der Waals surface area contributed by atoms with Crippen LogP contribution in [0.2, 0.25) is 0 Å². The maximum atomic E-state index is 13.2. The first kappa shape index (κ1) is 17.7. The van der Waals surface area contributed by atoms with E-state index in [0.29, 0.717) is 18.8 Å². The molecule has 10 heteroatoms. The molecule has 0 aliphatic carbocycles. The van der Waals surface area contributed by atoms with Gasteiger partial charge in [0.1, 0.15) is 0 Å². The summed E-state index contributed by atoms with van der Waals surface area (Å²) < 4.78 is 64.5. The van der Waals surface area contributed by atoms with Gasteiger partial charge in [-0.15, -0.1) is 0 Å². The Labute approximate surface area is 143 Å². The van der Waals surface area contributed by atoms with Crippen LogP contribution in [0.1, 0.15) is 24.4 Å². The summed E-state index contributed by atoms with van der Waals surface area (Å²) in [6.07, 6.45) is 2.00. The zero-order chi connectivity index (χ0) is 18.2. The number of hydrogen-bond acceptors (Lipinski definition) is 4. The summed E-state index contributed by atoms with van der Waals surface area (Å²) in [5, 5.41) is 4.91. The number of hydrogen-bond donors (Lipinski definition) is 1. The summed E-state index contributed by atoms with van der Waals surface area (Å²) >= 11 is 0. The van der Waals surface area contributed by atoms with Crippen molar-refractivity contribution in [1.29, 1.82) is 0 Å². The third-order valence-corrected chi connectivity index (χ3v) is 5.32. The number of piperidine rings is 1. The normalized spacial score (nSPS) is 17.0. The van der Waals surface area contributed by atoms with Crippen molar-refractivity contribution in [2.75, 3.05) is 18.0 Å². The number of imidazole rings is 1. The summed E-state index contributed by atoms with van der Waals surface area (Å²) in [5.74, 6) is 0. The number of nitrogens with two attached hydrogens (primary N) is 1. The molecule has 136 valence electrons. The average Bonchev–Trinajstić information content (AvgIpc) is 3.07. The molecule has 1 aromatic heterocycles. The molecule has 1 saturated heterocycles. The van der Waals surface area contributed by atoms with Gasteiger partial charge in [-0.3, -0.25) is 0 Å². The summed E-state index contributed by atoms with van der Waals surface area (Å²) in [7, 11) is -4.45. The fourth-order valence-corrected chi connectivity index (χ4v) is 3.83. The van der Waals surface area contributed by atoms with Gasteiger partial charge in [-0.25, -0.2) is 18.5 Å². The Hall–Kier alpha value is -2.07. The number of halogens is 3. The quantitative estimate of drug-likeness (QED) is 0.895. The Balaban J connectivity index is 1.84. The van der Waals surface area contributed by atoms with Crippen LogP contribution >= 0.6 is 0 Å². The zero-order valence-corrected chi connectivity index (χ0v) is 14.0. The van der Waals surface area contributed by atoms with Gasteiger partial charge in [0, 0.05) is 37.2 Å². The Morgan fingerprint density at radius 1 is 1.20 bits per heavy atom. The minimum atomic E-state index is -4.80. The van der Waals surface area contributed by atoms with E-state index in [2.05, 4.69) is 4.98 Å². The number of aromatic nitrogens is 2. The molecule has 0 unspecified atom stereocenters. The van der Waals surface area contributed by atoms with Gasteiger partial charge in [0.15, 0.2) is 0 Å². The van der Waals surface area contributed by atoms with E-state index < -0.39 is 26.7 Å². The van der Waals surface area contributed by atoms with E-state index in [-0.39, 0.29) is 6.04 Å². The topological polar surface area (TPSA) is 81.2 Å². The van der Waals surface area contributed by atoms with E-state index in [1.165, 1.54) is 6.07 Å². The Bertz CT molecular complexity index is 842. The Morgan fingerprint density at radius 3 is 2.40 bits per heavy atom. The highest BCUT2D eigenvalue weighted by atomic mass is 32.2. The molecule has 25 heavy (non-hydrogen) atoms. The molecule has 1 fully saturated rings. The van der Waals surface area contributed by atoms with Crippen molar-refractivity contribution < 1.29 is 21.6 Å². The molecule has 0 radical (unpaired) electrons. The Kier molecular flexibility index (Phi) is 4.50. The number of alkyl halides is 3. The second-order valence-corrected chi connectivity index (χ2v) is 7.48. The molecule has 1 aliphatic rings. The highest BCUT2D eigenvalue weighted by molar-refractivity contribution is 7.89. The standard InChI is InChI=1S/C15H17F3N4O2S/c16-15(17,18)13-9-12(1-2-14(13)25(19,23)24)21-6-3-11(4-7-21)22-8-5-20-10-22/h1-2,5,8-11H,3-4,6-7H2,(H2,19,23,24). The van der Waals surface area contributed by atoms with Gasteiger partial charge >= 0.3 is 6.18 Å². The SMILES string of the molecule is NS(=O)(=O)c1ccc(N2CCC(n3ccnc3)CC2)cc1C(F)(F)F. The predicted octanol–water partition coefficient (Wildman–Crippen LogP) is 2.39. The molecule has 0 spiro atoms. The lowest BCUT2D eigenvalue weighted by atomic mass is 10.0. The minimum Gasteiger partial charge on any atom is -0.371 e. The first-order chi connectivity index (χ1) is 11.7. The fourth-order valence-electron chi connectivity index (χ4n) is 3.09. The largest absolute Gasteiger partial charge is 0.417 e. The van der Waals surface area contributed by atoms with Crippen LogP contribution in [-0.4, -0.2) is 31.1 Å². The van der Waals surface area contributed by atoms with Gasteiger partial charge < -0.3 is 9.47 Å². The van der Waals surface area contributed by atoms with Gasteiger partial charge in [0.05, 0.1) is 16.8 Å². The molecule has 1 aliphatic heterocycles. The number of anilines is 1. The molecular weight excluding hydrogens is 357 g/mol. The van der Waals surface area contributed by atoms with Gasteiger partial charge in [-0.2, -0.15) is 13.2 Å². The molecule has 0 saturated carbocycles. The van der Waals surface area contributed by atoms with Crippen molar-refractivity contribution in [3.8, 4) is 0 Å². The first-order valence-corrected chi connectivity index (χ1v) is 9.17. The van der Waals surface area contributed by atoms with Crippen LogP contribution in [0.25, 0.3) is 0 Å². The van der Waals surface area contributed by atoms with Crippen LogP contribution < -0.4 is 10.0 Å². The number of primary sulfonamides is 1. The summed E-state index contributed by atoms with van der Waals surface area (Å²) in [4.78, 5) is 4.91. The van der Waals surface area contributed by atoms with E-state index >= 15 is 0 Å². The van der Waals surface area contributed by atoms with Crippen LogP contribution in [0.4, 0.5) is 18.9 Å². The number of sulfonamides is 1. The van der Waals surface area contributed by atoms with Gasteiger partial charge in [-0.1, -0.05) is 0 Å². The van der Waals surface area contributed by atoms with E-state index in [4.69, 9.17) is 5.14 Å². The molecule has 2 N–H and O–H groups in total. The predicted molar refractivity (Wildman–Crippen MR) is 85.5 cm³/mol. The monoisotopic (exact) mass is 374 g/mol. The second-order valence-electron chi connectivity index (χ2n) is 5.95. The zero-order valence-electron chi connectivity index (χ0n) is 13.1.